The molecular weight excluding hydrogens is 258 g/mol. The van der Waals surface area contributed by atoms with Crippen LogP contribution in [0.25, 0.3) is 0 Å². The Morgan fingerprint density at radius 3 is 2.63 bits per heavy atom. The van der Waals surface area contributed by atoms with Crippen molar-refractivity contribution in [2.75, 3.05) is 11.9 Å². The lowest BCUT2D eigenvalue weighted by Gasteiger charge is -2.15. The molecule has 0 bridgehead atoms. The summed E-state index contributed by atoms with van der Waals surface area (Å²) in [7, 11) is 0. The van der Waals surface area contributed by atoms with Crippen molar-refractivity contribution in [3.8, 4) is 0 Å². The van der Waals surface area contributed by atoms with Gasteiger partial charge in [0.2, 0.25) is 0 Å². The fraction of sp³-hybridized carbons (Fsp3) is 0.250. The molecule has 100 valence electrons. The summed E-state index contributed by atoms with van der Waals surface area (Å²) in [5.74, 6) is 0. The first-order valence-corrected chi connectivity index (χ1v) is 6.69. The van der Waals surface area contributed by atoms with Crippen LogP contribution in [-0.2, 0) is 0 Å². The van der Waals surface area contributed by atoms with Gasteiger partial charge in [0.15, 0.2) is 0 Å². The molecule has 0 spiro atoms. The van der Waals surface area contributed by atoms with Crippen LogP contribution in [0, 0.1) is 13.8 Å². The number of anilines is 1. The quantitative estimate of drug-likeness (QED) is 0.880. The van der Waals surface area contributed by atoms with Crippen molar-refractivity contribution in [3.05, 3.63) is 64.2 Å². The molecule has 2 nitrogen and oxygen atoms in total. The molecule has 2 aromatic rings. The second kappa shape index (κ2) is 6.09. The molecule has 0 fully saturated rings. The van der Waals surface area contributed by atoms with Gasteiger partial charge in [-0.1, -0.05) is 41.4 Å². The number of halogens is 1. The number of aliphatic hydroxyl groups excluding tert-OH is 1. The van der Waals surface area contributed by atoms with Gasteiger partial charge in [-0.15, -0.1) is 0 Å². The molecule has 1 atom stereocenters. The van der Waals surface area contributed by atoms with E-state index in [9.17, 15) is 5.11 Å². The van der Waals surface area contributed by atoms with Crippen LogP contribution in [0.1, 0.15) is 22.8 Å². The Bertz CT molecular complexity index is 568. The van der Waals surface area contributed by atoms with Gasteiger partial charge in [-0.05, 0) is 43.2 Å². The van der Waals surface area contributed by atoms with Crippen molar-refractivity contribution in [1.29, 1.82) is 0 Å². The molecule has 2 N–H and O–H groups in total. The highest BCUT2D eigenvalue weighted by Crippen LogP contribution is 2.20. The standard InChI is InChI=1S/C16H18ClNO/c1-11-6-7-15(12(2)8-11)18-10-16(19)13-4-3-5-14(17)9-13/h3-9,16,18-19H,10H2,1-2H3. The zero-order valence-electron chi connectivity index (χ0n) is 11.2. The minimum absolute atomic E-state index is 0.463. The van der Waals surface area contributed by atoms with Crippen LogP contribution in [0.3, 0.4) is 0 Å². The maximum absolute atomic E-state index is 10.1. The summed E-state index contributed by atoms with van der Waals surface area (Å²) in [4.78, 5) is 0. The number of rotatable bonds is 4. The van der Waals surface area contributed by atoms with Gasteiger partial charge in [0.1, 0.15) is 0 Å². The Kier molecular flexibility index (Phi) is 4.46. The van der Waals surface area contributed by atoms with Gasteiger partial charge in [-0.3, -0.25) is 0 Å². The Morgan fingerprint density at radius 2 is 1.95 bits per heavy atom. The maximum atomic E-state index is 10.1. The highest BCUT2D eigenvalue weighted by molar-refractivity contribution is 6.30. The fourth-order valence-electron chi connectivity index (χ4n) is 2.05. The summed E-state index contributed by atoms with van der Waals surface area (Å²) in [6.45, 7) is 4.59. The van der Waals surface area contributed by atoms with Crippen LogP contribution in [0.2, 0.25) is 5.02 Å². The zero-order chi connectivity index (χ0) is 13.8. The van der Waals surface area contributed by atoms with Gasteiger partial charge in [0, 0.05) is 17.3 Å². The van der Waals surface area contributed by atoms with E-state index in [1.165, 1.54) is 11.1 Å². The van der Waals surface area contributed by atoms with E-state index >= 15 is 0 Å². The molecule has 1 unspecified atom stereocenters. The second-order valence-electron chi connectivity index (χ2n) is 4.77. The third kappa shape index (κ3) is 3.72. The van der Waals surface area contributed by atoms with Crippen LogP contribution < -0.4 is 5.32 Å². The number of hydrogen-bond donors (Lipinski definition) is 2. The molecule has 3 heteroatoms. The highest BCUT2D eigenvalue weighted by atomic mass is 35.5. The monoisotopic (exact) mass is 275 g/mol. The second-order valence-corrected chi connectivity index (χ2v) is 5.21. The predicted molar refractivity (Wildman–Crippen MR) is 80.8 cm³/mol. The van der Waals surface area contributed by atoms with Gasteiger partial charge in [0.25, 0.3) is 0 Å². The normalized spacial score (nSPS) is 12.2. The van der Waals surface area contributed by atoms with E-state index in [1.807, 2.05) is 18.2 Å². The van der Waals surface area contributed by atoms with Gasteiger partial charge < -0.3 is 10.4 Å². The molecule has 0 saturated carbocycles. The van der Waals surface area contributed by atoms with Crippen molar-refractivity contribution in [2.24, 2.45) is 0 Å². The number of aliphatic hydroxyl groups is 1. The SMILES string of the molecule is Cc1ccc(NCC(O)c2cccc(Cl)c2)c(C)c1. The summed E-state index contributed by atoms with van der Waals surface area (Å²) >= 11 is 5.92. The third-order valence-electron chi connectivity index (χ3n) is 3.10. The summed E-state index contributed by atoms with van der Waals surface area (Å²) in [6, 6.07) is 13.5. The summed E-state index contributed by atoms with van der Waals surface area (Å²) in [6.07, 6.45) is -0.570. The highest BCUT2D eigenvalue weighted by Gasteiger charge is 2.08. The van der Waals surface area contributed by atoms with E-state index in [-0.39, 0.29) is 0 Å². The minimum Gasteiger partial charge on any atom is -0.387 e. The van der Waals surface area contributed by atoms with Crippen molar-refractivity contribution in [2.45, 2.75) is 20.0 Å². The third-order valence-corrected chi connectivity index (χ3v) is 3.34. The summed E-state index contributed by atoms with van der Waals surface area (Å²) in [5.41, 5.74) is 4.29. The van der Waals surface area contributed by atoms with E-state index in [4.69, 9.17) is 11.6 Å². The molecule has 0 aromatic heterocycles. The molecule has 0 aliphatic rings. The van der Waals surface area contributed by atoms with Crippen LogP contribution in [0.4, 0.5) is 5.69 Å². The number of benzene rings is 2. The molecule has 0 amide bonds. The number of hydrogen-bond acceptors (Lipinski definition) is 2. The maximum Gasteiger partial charge on any atom is 0.0962 e. The first-order chi connectivity index (χ1) is 9.06. The number of nitrogens with one attached hydrogen (secondary N) is 1. The Balaban J connectivity index is 2.02. The first kappa shape index (κ1) is 13.9. The lowest BCUT2D eigenvalue weighted by molar-refractivity contribution is 0.191. The Labute approximate surface area is 119 Å². The zero-order valence-corrected chi connectivity index (χ0v) is 11.9. The van der Waals surface area contributed by atoms with Crippen molar-refractivity contribution >= 4 is 17.3 Å². The summed E-state index contributed by atoms with van der Waals surface area (Å²) in [5, 5.41) is 14.0. The fourth-order valence-corrected chi connectivity index (χ4v) is 2.25. The van der Waals surface area contributed by atoms with Gasteiger partial charge in [-0.25, -0.2) is 0 Å². The van der Waals surface area contributed by atoms with E-state index in [0.717, 1.165) is 11.3 Å². The van der Waals surface area contributed by atoms with E-state index in [1.54, 1.807) is 12.1 Å². The predicted octanol–water partition coefficient (Wildman–Crippen LogP) is 4.10. The van der Waals surface area contributed by atoms with Gasteiger partial charge in [-0.2, -0.15) is 0 Å². The topological polar surface area (TPSA) is 32.3 Å². The molecule has 19 heavy (non-hydrogen) atoms. The lowest BCUT2D eigenvalue weighted by Crippen LogP contribution is -2.12. The average molecular weight is 276 g/mol. The van der Waals surface area contributed by atoms with Crippen molar-refractivity contribution < 1.29 is 5.11 Å². The molecule has 0 aliphatic carbocycles. The van der Waals surface area contributed by atoms with Crippen LogP contribution in [0.5, 0.6) is 0 Å². The van der Waals surface area contributed by atoms with Crippen LogP contribution in [-0.4, -0.2) is 11.7 Å². The molecule has 2 rings (SSSR count). The average Bonchev–Trinajstić information content (AvgIpc) is 2.37. The molecule has 0 heterocycles. The Morgan fingerprint density at radius 1 is 1.16 bits per heavy atom. The van der Waals surface area contributed by atoms with E-state index in [0.29, 0.717) is 11.6 Å². The summed E-state index contributed by atoms with van der Waals surface area (Å²) < 4.78 is 0. The Hall–Kier alpha value is -1.51. The smallest absolute Gasteiger partial charge is 0.0962 e. The largest absolute Gasteiger partial charge is 0.387 e. The molecule has 0 saturated heterocycles. The molecule has 2 aromatic carbocycles. The van der Waals surface area contributed by atoms with E-state index in [2.05, 4.69) is 31.3 Å². The van der Waals surface area contributed by atoms with Crippen molar-refractivity contribution in [3.63, 3.8) is 0 Å². The van der Waals surface area contributed by atoms with Crippen LogP contribution >= 0.6 is 11.6 Å². The van der Waals surface area contributed by atoms with E-state index < -0.39 is 6.10 Å². The van der Waals surface area contributed by atoms with Crippen molar-refractivity contribution in [1.82, 2.24) is 0 Å². The number of aryl methyl sites for hydroxylation is 2. The molecular formula is C16H18ClNO. The van der Waals surface area contributed by atoms with Gasteiger partial charge in [0.05, 0.1) is 6.10 Å². The van der Waals surface area contributed by atoms with Gasteiger partial charge >= 0.3 is 0 Å². The lowest BCUT2D eigenvalue weighted by atomic mass is 10.1. The molecule has 0 radical (unpaired) electrons. The first-order valence-electron chi connectivity index (χ1n) is 6.31. The minimum atomic E-state index is -0.570. The molecule has 0 aliphatic heterocycles. The van der Waals surface area contributed by atoms with Crippen LogP contribution in [0.15, 0.2) is 42.5 Å².